The third-order valence-electron chi connectivity index (χ3n) is 4.30. The first-order valence-electron chi connectivity index (χ1n) is 7.53. The number of rotatable bonds is 4. The van der Waals surface area contributed by atoms with E-state index in [2.05, 4.69) is 12.2 Å². The summed E-state index contributed by atoms with van der Waals surface area (Å²) in [6.07, 6.45) is 5.30. The Kier molecular flexibility index (Phi) is 5.05. The van der Waals surface area contributed by atoms with Gasteiger partial charge in [-0.05, 0) is 42.9 Å². The van der Waals surface area contributed by atoms with Crippen LogP contribution in [0.4, 0.5) is 0 Å². The van der Waals surface area contributed by atoms with Crippen LogP contribution in [0.25, 0.3) is 0 Å². The highest BCUT2D eigenvalue weighted by Crippen LogP contribution is 2.24. The summed E-state index contributed by atoms with van der Waals surface area (Å²) in [6.45, 7) is 4.24. The standard InChI is InChI=1S/C17H25NO2/c1-12-6-4-5-7-15(12)18-17(19)11-14-9-8-13(2)16(10-14)20-3/h8-10,12,15H,4-7,11H2,1-3H3,(H,18,19). The number of amides is 1. The number of nitrogens with one attached hydrogen (secondary N) is 1. The normalized spacial score (nSPS) is 22.4. The van der Waals surface area contributed by atoms with Gasteiger partial charge in [0.05, 0.1) is 13.5 Å². The molecule has 1 aliphatic carbocycles. The van der Waals surface area contributed by atoms with Crippen LogP contribution in [0.2, 0.25) is 0 Å². The zero-order valence-electron chi connectivity index (χ0n) is 12.7. The summed E-state index contributed by atoms with van der Waals surface area (Å²) in [4.78, 5) is 12.2. The Morgan fingerprint density at radius 2 is 2.10 bits per heavy atom. The van der Waals surface area contributed by atoms with Crippen molar-refractivity contribution in [3.63, 3.8) is 0 Å². The van der Waals surface area contributed by atoms with E-state index in [0.29, 0.717) is 18.4 Å². The lowest BCUT2D eigenvalue weighted by Crippen LogP contribution is -2.41. The van der Waals surface area contributed by atoms with Crippen LogP contribution in [-0.2, 0) is 11.2 Å². The molecule has 1 saturated carbocycles. The molecule has 0 radical (unpaired) electrons. The van der Waals surface area contributed by atoms with Gasteiger partial charge in [-0.25, -0.2) is 0 Å². The third-order valence-corrected chi connectivity index (χ3v) is 4.30. The summed E-state index contributed by atoms with van der Waals surface area (Å²) >= 11 is 0. The van der Waals surface area contributed by atoms with Gasteiger partial charge in [0.2, 0.25) is 5.91 Å². The van der Waals surface area contributed by atoms with Crippen molar-refractivity contribution in [2.45, 2.75) is 52.0 Å². The zero-order valence-corrected chi connectivity index (χ0v) is 12.7. The highest BCUT2D eigenvalue weighted by Gasteiger charge is 2.22. The van der Waals surface area contributed by atoms with Crippen molar-refractivity contribution in [1.29, 1.82) is 0 Å². The summed E-state index contributed by atoms with van der Waals surface area (Å²) in [5.41, 5.74) is 2.10. The van der Waals surface area contributed by atoms with Gasteiger partial charge in [0.25, 0.3) is 0 Å². The Balaban J connectivity index is 1.94. The number of carbonyl (C=O) groups is 1. The molecule has 0 bridgehead atoms. The molecule has 1 aliphatic rings. The van der Waals surface area contributed by atoms with Crippen LogP contribution in [0, 0.1) is 12.8 Å². The quantitative estimate of drug-likeness (QED) is 0.916. The average molecular weight is 275 g/mol. The molecular formula is C17H25NO2. The van der Waals surface area contributed by atoms with Gasteiger partial charge in [0.15, 0.2) is 0 Å². The van der Waals surface area contributed by atoms with E-state index in [1.807, 2.05) is 25.1 Å². The number of methoxy groups -OCH3 is 1. The Bertz CT molecular complexity index is 470. The minimum Gasteiger partial charge on any atom is -0.496 e. The predicted molar refractivity (Wildman–Crippen MR) is 81.0 cm³/mol. The first-order chi connectivity index (χ1) is 9.60. The molecule has 2 unspecified atom stereocenters. The van der Waals surface area contributed by atoms with E-state index in [-0.39, 0.29) is 5.91 Å². The first kappa shape index (κ1) is 14.9. The Labute approximate surface area is 121 Å². The maximum Gasteiger partial charge on any atom is 0.224 e. The highest BCUT2D eigenvalue weighted by molar-refractivity contribution is 5.79. The maximum atomic E-state index is 12.2. The third kappa shape index (κ3) is 3.75. The van der Waals surface area contributed by atoms with Crippen molar-refractivity contribution in [2.75, 3.05) is 7.11 Å². The molecule has 0 saturated heterocycles. The summed E-state index contributed by atoms with van der Waals surface area (Å²) in [5, 5.41) is 3.19. The fraction of sp³-hybridized carbons (Fsp3) is 0.588. The molecule has 0 aromatic heterocycles. The number of ether oxygens (including phenoxy) is 1. The second-order valence-corrected chi connectivity index (χ2v) is 5.92. The van der Waals surface area contributed by atoms with E-state index in [9.17, 15) is 4.79 Å². The molecule has 3 nitrogen and oxygen atoms in total. The van der Waals surface area contributed by atoms with Gasteiger partial charge in [0, 0.05) is 6.04 Å². The second-order valence-electron chi connectivity index (χ2n) is 5.92. The van der Waals surface area contributed by atoms with E-state index < -0.39 is 0 Å². The van der Waals surface area contributed by atoms with Crippen molar-refractivity contribution in [1.82, 2.24) is 5.32 Å². The van der Waals surface area contributed by atoms with Crippen LogP contribution in [0.3, 0.4) is 0 Å². The molecular weight excluding hydrogens is 250 g/mol. The van der Waals surface area contributed by atoms with Gasteiger partial charge >= 0.3 is 0 Å². The number of hydrogen-bond acceptors (Lipinski definition) is 2. The lowest BCUT2D eigenvalue weighted by atomic mass is 9.86. The number of benzene rings is 1. The van der Waals surface area contributed by atoms with Crippen molar-refractivity contribution in [2.24, 2.45) is 5.92 Å². The van der Waals surface area contributed by atoms with Gasteiger partial charge in [-0.15, -0.1) is 0 Å². The van der Waals surface area contributed by atoms with E-state index >= 15 is 0 Å². The molecule has 1 amide bonds. The van der Waals surface area contributed by atoms with Gasteiger partial charge < -0.3 is 10.1 Å². The fourth-order valence-electron chi connectivity index (χ4n) is 2.95. The summed E-state index contributed by atoms with van der Waals surface area (Å²) in [6, 6.07) is 6.31. The molecule has 0 heterocycles. The zero-order chi connectivity index (χ0) is 14.5. The molecule has 2 rings (SSSR count). The minimum atomic E-state index is 0.120. The second kappa shape index (κ2) is 6.78. The van der Waals surface area contributed by atoms with Crippen LogP contribution >= 0.6 is 0 Å². The molecule has 0 spiro atoms. The van der Waals surface area contributed by atoms with E-state index in [1.165, 1.54) is 19.3 Å². The predicted octanol–water partition coefficient (Wildman–Crippen LogP) is 3.24. The topological polar surface area (TPSA) is 38.3 Å². The molecule has 110 valence electrons. The van der Waals surface area contributed by atoms with Crippen LogP contribution < -0.4 is 10.1 Å². The molecule has 0 aliphatic heterocycles. The highest BCUT2D eigenvalue weighted by atomic mass is 16.5. The Morgan fingerprint density at radius 3 is 2.80 bits per heavy atom. The SMILES string of the molecule is COc1cc(CC(=O)NC2CCCCC2C)ccc1C. The van der Waals surface area contributed by atoms with Gasteiger partial charge in [0.1, 0.15) is 5.75 Å². The number of carbonyl (C=O) groups excluding carboxylic acids is 1. The summed E-state index contributed by atoms with van der Waals surface area (Å²) in [5.74, 6) is 1.57. The minimum absolute atomic E-state index is 0.120. The van der Waals surface area contributed by atoms with Crippen molar-refractivity contribution < 1.29 is 9.53 Å². The molecule has 3 heteroatoms. The van der Waals surface area contributed by atoms with E-state index in [0.717, 1.165) is 23.3 Å². The maximum absolute atomic E-state index is 12.2. The fourth-order valence-corrected chi connectivity index (χ4v) is 2.95. The monoisotopic (exact) mass is 275 g/mol. The van der Waals surface area contributed by atoms with Crippen molar-refractivity contribution >= 4 is 5.91 Å². The molecule has 1 aromatic rings. The molecule has 20 heavy (non-hydrogen) atoms. The van der Waals surface area contributed by atoms with Gasteiger partial charge in [-0.3, -0.25) is 4.79 Å². The van der Waals surface area contributed by atoms with E-state index in [1.54, 1.807) is 7.11 Å². The lowest BCUT2D eigenvalue weighted by molar-refractivity contribution is -0.121. The van der Waals surface area contributed by atoms with Gasteiger partial charge in [-0.1, -0.05) is 31.9 Å². The number of aryl methyl sites for hydroxylation is 1. The smallest absolute Gasteiger partial charge is 0.224 e. The summed E-state index contributed by atoms with van der Waals surface area (Å²) < 4.78 is 5.30. The van der Waals surface area contributed by atoms with Crippen LogP contribution in [0.5, 0.6) is 5.75 Å². The molecule has 2 atom stereocenters. The molecule has 1 aromatic carbocycles. The Morgan fingerprint density at radius 1 is 1.35 bits per heavy atom. The largest absolute Gasteiger partial charge is 0.496 e. The molecule has 1 fully saturated rings. The van der Waals surface area contributed by atoms with Crippen LogP contribution in [0.15, 0.2) is 18.2 Å². The lowest BCUT2D eigenvalue weighted by Gasteiger charge is -2.29. The number of hydrogen-bond donors (Lipinski definition) is 1. The first-order valence-corrected chi connectivity index (χ1v) is 7.53. The van der Waals surface area contributed by atoms with Crippen LogP contribution in [-0.4, -0.2) is 19.1 Å². The van der Waals surface area contributed by atoms with Gasteiger partial charge in [-0.2, -0.15) is 0 Å². The van der Waals surface area contributed by atoms with Crippen LogP contribution in [0.1, 0.15) is 43.7 Å². The average Bonchev–Trinajstić information content (AvgIpc) is 2.43. The van der Waals surface area contributed by atoms with E-state index in [4.69, 9.17) is 4.74 Å². The molecule has 1 N–H and O–H groups in total. The van der Waals surface area contributed by atoms with Crippen molar-refractivity contribution in [3.05, 3.63) is 29.3 Å². The van der Waals surface area contributed by atoms with Crippen molar-refractivity contribution in [3.8, 4) is 5.75 Å². The summed E-state index contributed by atoms with van der Waals surface area (Å²) in [7, 11) is 1.66. The Hall–Kier alpha value is -1.51.